The lowest BCUT2D eigenvalue weighted by atomic mass is 10.2. The van der Waals surface area contributed by atoms with Crippen molar-refractivity contribution in [3.8, 4) is 5.75 Å². The summed E-state index contributed by atoms with van der Waals surface area (Å²) >= 11 is 0. The first-order chi connectivity index (χ1) is 6.66. The summed E-state index contributed by atoms with van der Waals surface area (Å²) in [4.78, 5) is 11.4. The Hall–Kier alpha value is -1.58. The topological polar surface area (TPSA) is 49.3 Å². The number of hydrogen-bond donors (Lipinski definition) is 2. The summed E-state index contributed by atoms with van der Waals surface area (Å²) in [6.07, 6.45) is 1.96. The molecular weight excluding hydrogens is 185 g/mol. The highest BCUT2D eigenvalue weighted by atomic mass is 19.1. The van der Waals surface area contributed by atoms with Crippen molar-refractivity contribution in [3.05, 3.63) is 29.6 Å². The second-order valence-electron chi connectivity index (χ2n) is 3.41. The molecule has 1 aromatic carbocycles. The van der Waals surface area contributed by atoms with Crippen LogP contribution in [0.3, 0.4) is 0 Å². The molecule has 1 aliphatic carbocycles. The predicted molar refractivity (Wildman–Crippen MR) is 48.6 cm³/mol. The zero-order valence-corrected chi connectivity index (χ0v) is 7.46. The zero-order valence-electron chi connectivity index (χ0n) is 7.46. The third-order valence-electron chi connectivity index (χ3n) is 2.12. The molecule has 14 heavy (non-hydrogen) atoms. The summed E-state index contributed by atoms with van der Waals surface area (Å²) in [5.74, 6) is -1.21. The van der Waals surface area contributed by atoms with Gasteiger partial charge in [-0.3, -0.25) is 4.79 Å². The number of halogens is 1. The molecule has 0 heterocycles. The highest BCUT2D eigenvalue weighted by molar-refractivity contribution is 5.97. The average Bonchev–Trinajstić information content (AvgIpc) is 2.87. The predicted octanol–water partition coefficient (Wildman–Crippen LogP) is 1.42. The van der Waals surface area contributed by atoms with Crippen molar-refractivity contribution in [2.24, 2.45) is 0 Å². The summed E-state index contributed by atoms with van der Waals surface area (Å²) < 4.78 is 12.6. The van der Waals surface area contributed by atoms with Gasteiger partial charge < -0.3 is 10.4 Å². The molecule has 0 saturated heterocycles. The van der Waals surface area contributed by atoms with Crippen LogP contribution in [0.4, 0.5) is 4.39 Å². The van der Waals surface area contributed by atoms with Crippen LogP contribution in [0, 0.1) is 5.82 Å². The molecule has 2 rings (SSSR count). The molecule has 1 amide bonds. The molecule has 0 aliphatic heterocycles. The lowest BCUT2D eigenvalue weighted by Crippen LogP contribution is -2.25. The van der Waals surface area contributed by atoms with Gasteiger partial charge >= 0.3 is 0 Å². The third kappa shape index (κ3) is 1.84. The van der Waals surface area contributed by atoms with Gasteiger partial charge in [0, 0.05) is 12.1 Å². The molecule has 4 heteroatoms. The third-order valence-corrected chi connectivity index (χ3v) is 2.12. The molecule has 0 bridgehead atoms. The molecule has 0 spiro atoms. The molecule has 0 atom stereocenters. The normalized spacial score (nSPS) is 15.2. The largest absolute Gasteiger partial charge is 0.507 e. The van der Waals surface area contributed by atoms with E-state index < -0.39 is 5.82 Å². The van der Waals surface area contributed by atoms with Crippen molar-refractivity contribution in [2.45, 2.75) is 18.9 Å². The Balaban J connectivity index is 2.17. The van der Waals surface area contributed by atoms with Gasteiger partial charge in [0.05, 0.1) is 5.56 Å². The first-order valence-electron chi connectivity index (χ1n) is 4.46. The van der Waals surface area contributed by atoms with Crippen molar-refractivity contribution in [1.82, 2.24) is 5.32 Å². The van der Waals surface area contributed by atoms with E-state index in [4.69, 9.17) is 0 Å². The number of benzene rings is 1. The second-order valence-corrected chi connectivity index (χ2v) is 3.41. The van der Waals surface area contributed by atoms with Gasteiger partial charge in [-0.15, -0.1) is 0 Å². The standard InChI is InChI=1S/C10H10FNO2/c11-6-1-4-8(9(13)5-6)10(14)12-7-2-3-7/h1,4-5,7,13H,2-3H2,(H,12,14). The van der Waals surface area contributed by atoms with Crippen LogP contribution in [0.5, 0.6) is 5.75 Å². The fourth-order valence-corrected chi connectivity index (χ4v) is 1.19. The first kappa shape index (κ1) is 8.99. The molecule has 1 fully saturated rings. The van der Waals surface area contributed by atoms with Crippen LogP contribution in [0.15, 0.2) is 18.2 Å². The van der Waals surface area contributed by atoms with Gasteiger partial charge in [0.2, 0.25) is 0 Å². The minimum Gasteiger partial charge on any atom is -0.507 e. The Morgan fingerprint density at radius 1 is 1.50 bits per heavy atom. The maximum Gasteiger partial charge on any atom is 0.255 e. The van der Waals surface area contributed by atoms with E-state index in [1.54, 1.807) is 0 Å². The van der Waals surface area contributed by atoms with Crippen LogP contribution in [0.25, 0.3) is 0 Å². The van der Waals surface area contributed by atoms with Crippen molar-refractivity contribution in [3.63, 3.8) is 0 Å². The van der Waals surface area contributed by atoms with Crippen molar-refractivity contribution in [2.75, 3.05) is 0 Å². The molecule has 74 valence electrons. The number of hydrogen-bond acceptors (Lipinski definition) is 2. The maximum atomic E-state index is 12.6. The number of phenols is 1. The van der Waals surface area contributed by atoms with E-state index in [0.29, 0.717) is 0 Å². The van der Waals surface area contributed by atoms with Crippen LogP contribution >= 0.6 is 0 Å². The smallest absolute Gasteiger partial charge is 0.255 e. The van der Waals surface area contributed by atoms with E-state index in [2.05, 4.69) is 5.32 Å². The zero-order chi connectivity index (χ0) is 10.1. The lowest BCUT2D eigenvalue weighted by Gasteiger charge is -2.04. The molecule has 0 aromatic heterocycles. The van der Waals surface area contributed by atoms with E-state index in [1.807, 2.05) is 0 Å². The van der Waals surface area contributed by atoms with Gasteiger partial charge in [-0.2, -0.15) is 0 Å². The summed E-state index contributed by atoms with van der Waals surface area (Å²) in [5, 5.41) is 12.0. The number of aromatic hydroxyl groups is 1. The van der Waals surface area contributed by atoms with E-state index >= 15 is 0 Å². The summed E-state index contributed by atoms with van der Waals surface area (Å²) in [6, 6.07) is 3.60. The van der Waals surface area contributed by atoms with Gasteiger partial charge in [0.15, 0.2) is 0 Å². The molecular formula is C10H10FNO2. The molecule has 1 aromatic rings. The quantitative estimate of drug-likeness (QED) is 0.749. The van der Waals surface area contributed by atoms with Crippen molar-refractivity contribution in [1.29, 1.82) is 0 Å². The fourth-order valence-electron chi connectivity index (χ4n) is 1.19. The number of carbonyl (C=O) groups excluding carboxylic acids is 1. The number of carbonyl (C=O) groups is 1. The monoisotopic (exact) mass is 195 g/mol. The number of amides is 1. The SMILES string of the molecule is O=C(NC1CC1)c1ccc(F)cc1O. The summed E-state index contributed by atoms with van der Waals surface area (Å²) in [6.45, 7) is 0. The fraction of sp³-hybridized carbons (Fsp3) is 0.300. The van der Waals surface area contributed by atoms with E-state index in [0.717, 1.165) is 25.0 Å². The minimum atomic E-state index is -0.550. The maximum absolute atomic E-state index is 12.6. The van der Waals surface area contributed by atoms with E-state index in [-0.39, 0.29) is 23.3 Å². The van der Waals surface area contributed by atoms with Gasteiger partial charge in [-0.1, -0.05) is 0 Å². The van der Waals surface area contributed by atoms with Gasteiger partial charge in [0.25, 0.3) is 5.91 Å². The molecule has 3 nitrogen and oxygen atoms in total. The average molecular weight is 195 g/mol. The number of rotatable bonds is 2. The Kier molecular flexibility index (Phi) is 2.11. The highest BCUT2D eigenvalue weighted by Gasteiger charge is 2.24. The Morgan fingerprint density at radius 3 is 2.79 bits per heavy atom. The van der Waals surface area contributed by atoms with Crippen LogP contribution in [-0.4, -0.2) is 17.1 Å². The molecule has 0 radical (unpaired) electrons. The Morgan fingerprint density at radius 2 is 2.21 bits per heavy atom. The second kappa shape index (κ2) is 3.29. The minimum absolute atomic E-state index is 0.123. The first-order valence-corrected chi connectivity index (χ1v) is 4.46. The summed E-state index contributed by atoms with van der Waals surface area (Å²) in [7, 11) is 0. The van der Waals surface area contributed by atoms with Crippen LogP contribution < -0.4 is 5.32 Å². The highest BCUT2D eigenvalue weighted by Crippen LogP contribution is 2.22. The lowest BCUT2D eigenvalue weighted by molar-refractivity contribution is 0.0948. The van der Waals surface area contributed by atoms with Gasteiger partial charge in [-0.05, 0) is 25.0 Å². The molecule has 1 aliphatic rings. The van der Waals surface area contributed by atoms with Gasteiger partial charge in [0.1, 0.15) is 11.6 Å². The number of phenolic OH excluding ortho intramolecular Hbond substituents is 1. The van der Waals surface area contributed by atoms with Crippen LogP contribution in [0.1, 0.15) is 23.2 Å². The Bertz CT molecular complexity index is 374. The van der Waals surface area contributed by atoms with E-state index in [9.17, 15) is 14.3 Å². The Labute approximate surface area is 80.6 Å². The number of nitrogens with one attached hydrogen (secondary N) is 1. The van der Waals surface area contributed by atoms with Crippen LogP contribution in [0.2, 0.25) is 0 Å². The molecule has 2 N–H and O–H groups in total. The molecule has 0 unspecified atom stereocenters. The molecule has 1 saturated carbocycles. The van der Waals surface area contributed by atoms with Gasteiger partial charge in [-0.25, -0.2) is 4.39 Å². The van der Waals surface area contributed by atoms with Crippen LogP contribution in [-0.2, 0) is 0 Å². The van der Waals surface area contributed by atoms with Crippen molar-refractivity contribution < 1.29 is 14.3 Å². The summed E-state index contributed by atoms with van der Waals surface area (Å²) in [5.41, 5.74) is 0.123. The van der Waals surface area contributed by atoms with Crippen molar-refractivity contribution >= 4 is 5.91 Å². The van der Waals surface area contributed by atoms with E-state index in [1.165, 1.54) is 6.07 Å².